The minimum atomic E-state index is -1.03. The second-order valence-corrected chi connectivity index (χ2v) is 16.7. The van der Waals surface area contributed by atoms with Gasteiger partial charge in [-0.15, -0.1) is 0 Å². The Morgan fingerprint density at radius 3 is 2.20 bits per heavy atom. The van der Waals surface area contributed by atoms with Gasteiger partial charge in [-0.3, -0.25) is 19.3 Å². The van der Waals surface area contributed by atoms with Gasteiger partial charge in [0, 0.05) is 31.1 Å². The molecule has 11 nitrogen and oxygen atoms in total. The number of fused-ring (bicyclic) bond motifs is 2. The van der Waals surface area contributed by atoms with Gasteiger partial charge in [-0.2, -0.15) is 0 Å². The Bertz CT molecular complexity index is 2030. The van der Waals surface area contributed by atoms with Gasteiger partial charge in [0.05, 0.1) is 18.7 Å². The number of aryl methyl sites for hydroxylation is 1. The van der Waals surface area contributed by atoms with Crippen molar-refractivity contribution in [1.29, 1.82) is 0 Å². The normalized spacial score (nSPS) is 17.4. The van der Waals surface area contributed by atoms with Gasteiger partial charge in [0.2, 0.25) is 17.7 Å². The Morgan fingerprint density at radius 1 is 0.875 bits per heavy atom. The van der Waals surface area contributed by atoms with Gasteiger partial charge in [-0.05, 0) is 111 Å². The molecule has 5 rings (SSSR count). The minimum Gasteiger partial charge on any atom is -0.465 e. The molecule has 2 aliphatic rings. The quantitative estimate of drug-likeness (QED) is 0.219. The maximum Gasteiger partial charge on any atom is 0.410 e. The molecule has 3 aromatic rings. The molecular formula is C45H54N4O7. The largest absolute Gasteiger partial charge is 0.465 e. The van der Waals surface area contributed by atoms with Crippen molar-refractivity contribution in [2.24, 2.45) is 5.41 Å². The summed E-state index contributed by atoms with van der Waals surface area (Å²) in [5.74, 6) is 4.70. The zero-order valence-electron chi connectivity index (χ0n) is 33.9. The van der Waals surface area contributed by atoms with Crippen molar-refractivity contribution in [2.75, 3.05) is 14.2 Å². The van der Waals surface area contributed by atoms with E-state index < -0.39 is 53.0 Å². The summed E-state index contributed by atoms with van der Waals surface area (Å²) < 4.78 is 10.3. The number of rotatable bonds is 7. The van der Waals surface area contributed by atoms with E-state index in [9.17, 15) is 24.0 Å². The van der Waals surface area contributed by atoms with Gasteiger partial charge in [0.15, 0.2) is 0 Å². The first-order valence-electron chi connectivity index (χ1n) is 19.1. The van der Waals surface area contributed by atoms with E-state index in [4.69, 9.17) is 9.47 Å². The number of hydrogen-bond donors (Lipinski definition) is 2. The van der Waals surface area contributed by atoms with Crippen LogP contribution >= 0.6 is 0 Å². The number of hydrogen-bond acceptors (Lipinski definition) is 7. The fourth-order valence-corrected chi connectivity index (χ4v) is 7.00. The highest BCUT2D eigenvalue weighted by Crippen LogP contribution is 2.32. The fourth-order valence-electron chi connectivity index (χ4n) is 7.00. The molecular weight excluding hydrogens is 709 g/mol. The summed E-state index contributed by atoms with van der Waals surface area (Å²) >= 11 is 0. The summed E-state index contributed by atoms with van der Waals surface area (Å²) in [6.45, 7) is 12.5. The third-order valence-electron chi connectivity index (χ3n) is 10.3. The number of likely N-dealkylation sites (N-methyl/N-ethyl adjacent to an activating group) is 1. The smallest absolute Gasteiger partial charge is 0.410 e. The molecule has 2 N–H and O–H groups in total. The SMILES string of the molecule is COC(=O)c1ccc(C#Cc2ccc3c(c2)CN(C(=O)C(NC(=O)C(C)N(C)C(=O)OC(C)(C)C)C(C)(C)C)C(C(=O)N[C@@H]2CCCc4ccccc42)C3)cc1. The highest BCUT2D eigenvalue weighted by molar-refractivity contribution is 5.95. The molecule has 1 aliphatic carbocycles. The van der Waals surface area contributed by atoms with Gasteiger partial charge in [-0.25, -0.2) is 9.59 Å². The predicted molar refractivity (Wildman–Crippen MR) is 213 cm³/mol. The summed E-state index contributed by atoms with van der Waals surface area (Å²) in [7, 11) is 2.81. The molecule has 3 aromatic carbocycles. The number of amides is 4. The van der Waals surface area contributed by atoms with Crippen LogP contribution in [-0.4, -0.2) is 77.5 Å². The van der Waals surface area contributed by atoms with E-state index in [2.05, 4.69) is 34.6 Å². The van der Waals surface area contributed by atoms with E-state index >= 15 is 0 Å². The molecule has 0 aromatic heterocycles. The van der Waals surface area contributed by atoms with Gasteiger partial charge < -0.3 is 25.0 Å². The first-order valence-corrected chi connectivity index (χ1v) is 19.1. The van der Waals surface area contributed by atoms with E-state index in [0.29, 0.717) is 11.1 Å². The van der Waals surface area contributed by atoms with Crippen LogP contribution in [0.4, 0.5) is 4.79 Å². The molecule has 0 saturated carbocycles. The number of carbonyl (C=O) groups is 5. The van der Waals surface area contributed by atoms with Crippen molar-refractivity contribution in [3.05, 3.63) is 106 Å². The first kappa shape index (κ1) is 41.5. The number of carbonyl (C=O) groups excluding carboxylic acids is 5. The zero-order chi connectivity index (χ0) is 40.9. The summed E-state index contributed by atoms with van der Waals surface area (Å²) in [6.07, 6.45) is 2.28. The number of esters is 1. The molecule has 4 amide bonds. The predicted octanol–water partition coefficient (Wildman–Crippen LogP) is 6.11. The van der Waals surface area contributed by atoms with Crippen LogP contribution in [0.2, 0.25) is 0 Å². The van der Waals surface area contributed by atoms with Gasteiger partial charge in [0.1, 0.15) is 23.7 Å². The third-order valence-corrected chi connectivity index (χ3v) is 10.3. The van der Waals surface area contributed by atoms with Crippen LogP contribution in [0.3, 0.4) is 0 Å². The van der Waals surface area contributed by atoms with Gasteiger partial charge in [0.25, 0.3) is 0 Å². The Labute approximate surface area is 330 Å². The lowest BCUT2D eigenvalue weighted by atomic mass is 9.83. The molecule has 0 spiro atoms. The average Bonchev–Trinajstić information content (AvgIpc) is 3.16. The van der Waals surface area contributed by atoms with Gasteiger partial charge >= 0.3 is 12.1 Å². The second kappa shape index (κ2) is 17.0. The van der Waals surface area contributed by atoms with Crippen molar-refractivity contribution in [2.45, 2.75) is 110 Å². The topological polar surface area (TPSA) is 134 Å². The van der Waals surface area contributed by atoms with Crippen LogP contribution in [0, 0.1) is 17.3 Å². The monoisotopic (exact) mass is 762 g/mol. The molecule has 0 bridgehead atoms. The fraction of sp³-hybridized carbons (Fsp3) is 0.444. The highest BCUT2D eigenvalue weighted by atomic mass is 16.6. The number of nitrogens with one attached hydrogen (secondary N) is 2. The van der Waals surface area contributed by atoms with Crippen LogP contribution in [0.15, 0.2) is 66.7 Å². The molecule has 1 aliphatic heterocycles. The molecule has 56 heavy (non-hydrogen) atoms. The lowest BCUT2D eigenvalue weighted by molar-refractivity contribution is -0.147. The lowest BCUT2D eigenvalue weighted by Gasteiger charge is -2.42. The maximum atomic E-state index is 14.9. The van der Waals surface area contributed by atoms with Crippen molar-refractivity contribution in [1.82, 2.24) is 20.4 Å². The molecule has 0 saturated heterocycles. The maximum absolute atomic E-state index is 14.9. The molecule has 3 unspecified atom stereocenters. The number of nitrogens with zero attached hydrogens (tertiary/aromatic N) is 2. The van der Waals surface area contributed by atoms with E-state index in [0.717, 1.165) is 41.5 Å². The number of benzene rings is 3. The summed E-state index contributed by atoms with van der Waals surface area (Å²) in [5, 5.41) is 6.21. The van der Waals surface area contributed by atoms with Crippen molar-refractivity contribution in [3.63, 3.8) is 0 Å². The number of ether oxygens (including phenoxy) is 2. The van der Waals surface area contributed by atoms with E-state index in [-0.39, 0.29) is 24.9 Å². The standard InChI is InChI=1S/C45H54N4O7/c1-28(48(8)43(54)56-45(5,6)7)39(50)47-38(44(2,3)4)41(52)49-27-34-25-30(18-17-29-19-22-32(23-20-29)42(53)55-9)21-24-33(34)26-37(49)40(51)46-36-16-12-14-31-13-10-11-15-35(31)36/h10-11,13,15,19-25,28,36-38H,12,14,16,26-27H2,1-9H3,(H,46,51)(H,47,50)/t28?,36-,37?,38?/m1/s1. The molecule has 11 heteroatoms. The van der Waals surface area contributed by atoms with Crippen LogP contribution in [0.1, 0.15) is 111 Å². The van der Waals surface area contributed by atoms with E-state index in [1.165, 1.54) is 24.6 Å². The Kier molecular flexibility index (Phi) is 12.6. The second-order valence-electron chi connectivity index (χ2n) is 16.7. The highest BCUT2D eigenvalue weighted by Gasteiger charge is 2.43. The summed E-state index contributed by atoms with van der Waals surface area (Å²) in [5.41, 5.74) is 4.40. The average molecular weight is 763 g/mol. The summed E-state index contributed by atoms with van der Waals surface area (Å²) in [4.78, 5) is 70.5. The first-order chi connectivity index (χ1) is 26.4. The minimum absolute atomic E-state index is 0.118. The third kappa shape index (κ3) is 9.96. The Hall–Kier alpha value is -5.63. The van der Waals surface area contributed by atoms with Crippen molar-refractivity contribution in [3.8, 4) is 11.8 Å². The molecule has 296 valence electrons. The molecule has 0 fully saturated rings. The van der Waals surface area contributed by atoms with Gasteiger partial charge in [-0.1, -0.05) is 62.9 Å². The van der Waals surface area contributed by atoms with Crippen molar-refractivity contribution < 1.29 is 33.4 Å². The van der Waals surface area contributed by atoms with E-state index in [1.54, 1.807) is 56.9 Å². The molecule has 4 atom stereocenters. The van der Waals surface area contributed by atoms with Crippen LogP contribution in [0.25, 0.3) is 0 Å². The Morgan fingerprint density at radius 2 is 1.54 bits per heavy atom. The van der Waals surface area contributed by atoms with Crippen molar-refractivity contribution >= 4 is 29.8 Å². The van der Waals surface area contributed by atoms with Crippen LogP contribution in [0.5, 0.6) is 0 Å². The molecule has 0 radical (unpaired) electrons. The Balaban J connectivity index is 1.45. The summed E-state index contributed by atoms with van der Waals surface area (Å²) in [6, 6.07) is 17.7. The van der Waals surface area contributed by atoms with E-state index in [1.807, 2.05) is 51.1 Å². The van der Waals surface area contributed by atoms with Crippen LogP contribution < -0.4 is 10.6 Å². The number of methoxy groups -OCH3 is 1. The lowest BCUT2D eigenvalue weighted by Crippen LogP contribution is -2.62. The molecule has 1 heterocycles. The zero-order valence-corrected chi connectivity index (χ0v) is 33.9. The van der Waals surface area contributed by atoms with Crippen LogP contribution in [-0.2, 0) is 43.2 Å².